The third kappa shape index (κ3) is 2.33. The number of hydrogen-bond acceptors (Lipinski definition) is 5. The fourth-order valence-corrected chi connectivity index (χ4v) is 1.50. The van der Waals surface area contributed by atoms with E-state index in [1.54, 1.807) is 4.68 Å². The highest BCUT2D eigenvalue weighted by atomic mass is 15.4. The van der Waals surface area contributed by atoms with E-state index in [1.165, 1.54) is 0 Å². The monoisotopic (exact) mass is 235 g/mol. The Morgan fingerprint density at radius 2 is 2.12 bits per heavy atom. The molecular formula is C10H17N7. The van der Waals surface area contributed by atoms with Crippen LogP contribution in [0.4, 0.5) is 0 Å². The summed E-state index contributed by atoms with van der Waals surface area (Å²) in [6.45, 7) is 4.49. The van der Waals surface area contributed by atoms with Crippen LogP contribution in [0.1, 0.15) is 36.7 Å². The van der Waals surface area contributed by atoms with Crippen LogP contribution in [-0.2, 0) is 13.6 Å². The van der Waals surface area contributed by atoms with Crippen molar-refractivity contribution in [3.8, 4) is 0 Å². The van der Waals surface area contributed by atoms with Gasteiger partial charge in [0.25, 0.3) is 0 Å². The zero-order chi connectivity index (χ0) is 12.4. The first-order chi connectivity index (χ1) is 8.11. The van der Waals surface area contributed by atoms with Crippen molar-refractivity contribution < 1.29 is 0 Å². The number of nitrogens with two attached hydrogens (primary N) is 1. The molecule has 0 amide bonds. The molecule has 7 nitrogen and oxygen atoms in total. The number of rotatable bonds is 4. The number of hydrogen-bond donors (Lipinski definition) is 1. The van der Waals surface area contributed by atoms with E-state index in [9.17, 15) is 0 Å². The smallest absolute Gasteiger partial charge is 0.154 e. The van der Waals surface area contributed by atoms with E-state index in [0.717, 1.165) is 23.8 Å². The van der Waals surface area contributed by atoms with Crippen LogP contribution in [0.2, 0.25) is 0 Å². The summed E-state index contributed by atoms with van der Waals surface area (Å²) < 4.78 is 3.66. The van der Waals surface area contributed by atoms with E-state index in [2.05, 4.69) is 20.5 Å². The maximum Gasteiger partial charge on any atom is 0.154 e. The van der Waals surface area contributed by atoms with Gasteiger partial charge in [-0.3, -0.25) is 0 Å². The van der Waals surface area contributed by atoms with E-state index in [-0.39, 0.29) is 6.04 Å². The van der Waals surface area contributed by atoms with E-state index in [1.807, 2.05) is 31.7 Å². The average molecular weight is 235 g/mol. The molecule has 0 aliphatic rings. The maximum absolute atomic E-state index is 5.89. The molecule has 0 aliphatic carbocycles. The molecule has 2 rings (SSSR count). The molecule has 0 saturated heterocycles. The quantitative estimate of drug-likeness (QED) is 0.816. The SMILES string of the molecule is CCC(N)c1cn(Cc2nnc(C)n2C)nn1. The van der Waals surface area contributed by atoms with Crippen LogP contribution in [0.5, 0.6) is 0 Å². The third-order valence-corrected chi connectivity index (χ3v) is 2.86. The molecule has 0 radical (unpaired) electrons. The van der Waals surface area contributed by atoms with Crippen molar-refractivity contribution in [2.75, 3.05) is 0 Å². The van der Waals surface area contributed by atoms with Crippen molar-refractivity contribution in [1.29, 1.82) is 0 Å². The molecule has 1 atom stereocenters. The second-order valence-corrected chi connectivity index (χ2v) is 4.08. The minimum absolute atomic E-state index is 0.0509. The molecule has 2 aromatic heterocycles. The van der Waals surface area contributed by atoms with Crippen molar-refractivity contribution >= 4 is 0 Å². The molecule has 7 heteroatoms. The highest BCUT2D eigenvalue weighted by Gasteiger charge is 2.10. The van der Waals surface area contributed by atoms with Crippen LogP contribution in [0, 0.1) is 6.92 Å². The molecule has 0 spiro atoms. The zero-order valence-corrected chi connectivity index (χ0v) is 10.3. The van der Waals surface area contributed by atoms with Gasteiger partial charge in [-0.1, -0.05) is 12.1 Å². The van der Waals surface area contributed by atoms with E-state index < -0.39 is 0 Å². The Hall–Kier alpha value is -1.76. The summed E-state index contributed by atoms with van der Waals surface area (Å²) in [6.07, 6.45) is 2.71. The molecule has 0 aromatic carbocycles. The molecule has 0 aliphatic heterocycles. The Morgan fingerprint density at radius 3 is 2.71 bits per heavy atom. The summed E-state index contributed by atoms with van der Waals surface area (Å²) in [5, 5.41) is 16.2. The largest absolute Gasteiger partial charge is 0.323 e. The van der Waals surface area contributed by atoms with Gasteiger partial charge < -0.3 is 10.3 Å². The third-order valence-electron chi connectivity index (χ3n) is 2.86. The molecule has 2 heterocycles. The molecule has 92 valence electrons. The van der Waals surface area contributed by atoms with Crippen LogP contribution in [-0.4, -0.2) is 29.8 Å². The van der Waals surface area contributed by atoms with Gasteiger partial charge in [-0.25, -0.2) is 4.68 Å². The lowest BCUT2D eigenvalue weighted by atomic mass is 10.2. The molecular weight excluding hydrogens is 218 g/mol. The fourth-order valence-electron chi connectivity index (χ4n) is 1.50. The second kappa shape index (κ2) is 4.62. The van der Waals surface area contributed by atoms with E-state index in [0.29, 0.717) is 6.54 Å². The van der Waals surface area contributed by atoms with E-state index >= 15 is 0 Å². The molecule has 0 bridgehead atoms. The molecule has 2 aromatic rings. The molecule has 1 unspecified atom stereocenters. The van der Waals surface area contributed by atoms with Crippen molar-refractivity contribution in [3.63, 3.8) is 0 Å². The zero-order valence-electron chi connectivity index (χ0n) is 10.3. The Kier molecular flexibility index (Phi) is 3.19. The van der Waals surface area contributed by atoms with Gasteiger partial charge in [0.15, 0.2) is 5.82 Å². The minimum atomic E-state index is -0.0509. The van der Waals surface area contributed by atoms with Crippen molar-refractivity contribution in [1.82, 2.24) is 29.8 Å². The standard InChI is InChI=1S/C10H17N7/c1-4-8(11)9-5-17(15-13-9)6-10-14-12-7(2)16(10)3/h5,8H,4,6,11H2,1-3H3. The molecule has 0 fully saturated rings. The summed E-state index contributed by atoms with van der Waals surface area (Å²) >= 11 is 0. The fraction of sp³-hybridized carbons (Fsp3) is 0.600. The summed E-state index contributed by atoms with van der Waals surface area (Å²) in [5.74, 6) is 1.73. The molecule has 17 heavy (non-hydrogen) atoms. The minimum Gasteiger partial charge on any atom is -0.323 e. The van der Waals surface area contributed by atoms with Crippen molar-refractivity contribution in [2.24, 2.45) is 12.8 Å². The maximum atomic E-state index is 5.89. The van der Waals surface area contributed by atoms with Crippen LogP contribution in [0.3, 0.4) is 0 Å². The Balaban J connectivity index is 2.14. The lowest BCUT2D eigenvalue weighted by Crippen LogP contribution is -2.09. The summed E-state index contributed by atoms with van der Waals surface area (Å²) in [5.41, 5.74) is 6.70. The number of nitrogens with zero attached hydrogens (tertiary/aromatic N) is 6. The Bertz CT molecular complexity index is 498. The van der Waals surface area contributed by atoms with Gasteiger partial charge in [0.2, 0.25) is 0 Å². The number of aryl methyl sites for hydroxylation is 1. The van der Waals surface area contributed by atoms with Gasteiger partial charge in [-0.05, 0) is 13.3 Å². The van der Waals surface area contributed by atoms with Crippen molar-refractivity contribution in [2.45, 2.75) is 32.9 Å². The Morgan fingerprint density at radius 1 is 1.35 bits per heavy atom. The first kappa shape index (κ1) is 11.7. The molecule has 2 N–H and O–H groups in total. The van der Waals surface area contributed by atoms with Crippen LogP contribution in [0.25, 0.3) is 0 Å². The van der Waals surface area contributed by atoms with Gasteiger partial charge in [0.1, 0.15) is 12.4 Å². The number of aromatic nitrogens is 6. The second-order valence-electron chi connectivity index (χ2n) is 4.08. The first-order valence-corrected chi connectivity index (χ1v) is 5.62. The van der Waals surface area contributed by atoms with Gasteiger partial charge in [0, 0.05) is 7.05 Å². The van der Waals surface area contributed by atoms with Crippen LogP contribution < -0.4 is 5.73 Å². The van der Waals surface area contributed by atoms with Gasteiger partial charge >= 0.3 is 0 Å². The topological polar surface area (TPSA) is 87.4 Å². The van der Waals surface area contributed by atoms with E-state index in [4.69, 9.17) is 5.73 Å². The van der Waals surface area contributed by atoms with Gasteiger partial charge in [-0.15, -0.1) is 15.3 Å². The highest BCUT2D eigenvalue weighted by Crippen LogP contribution is 2.09. The van der Waals surface area contributed by atoms with Crippen LogP contribution in [0.15, 0.2) is 6.20 Å². The lowest BCUT2D eigenvalue weighted by molar-refractivity contribution is 0.602. The summed E-state index contributed by atoms with van der Waals surface area (Å²) in [6, 6.07) is -0.0509. The predicted octanol–water partition coefficient (Wildman–Crippen LogP) is 0.173. The summed E-state index contributed by atoms with van der Waals surface area (Å²) in [4.78, 5) is 0. The van der Waals surface area contributed by atoms with Gasteiger partial charge in [0.05, 0.1) is 17.9 Å². The normalized spacial score (nSPS) is 12.9. The van der Waals surface area contributed by atoms with Crippen molar-refractivity contribution in [3.05, 3.63) is 23.5 Å². The summed E-state index contributed by atoms with van der Waals surface area (Å²) in [7, 11) is 1.93. The van der Waals surface area contributed by atoms with Gasteiger partial charge in [-0.2, -0.15) is 0 Å². The first-order valence-electron chi connectivity index (χ1n) is 5.62. The average Bonchev–Trinajstić information content (AvgIpc) is 2.91. The Labute approximate surface area is 99.6 Å². The predicted molar refractivity (Wildman–Crippen MR) is 62.1 cm³/mol. The lowest BCUT2D eigenvalue weighted by Gasteiger charge is -2.02. The highest BCUT2D eigenvalue weighted by molar-refractivity contribution is 5.01. The van der Waals surface area contributed by atoms with Crippen LogP contribution >= 0.6 is 0 Å². The molecule has 0 saturated carbocycles.